The van der Waals surface area contributed by atoms with Crippen molar-refractivity contribution in [3.8, 4) is 11.1 Å². The van der Waals surface area contributed by atoms with Gasteiger partial charge >= 0.3 is 0 Å². The molecule has 2 heterocycles. The molecule has 2 aromatic heterocycles. The Hall–Kier alpha value is -3.77. The lowest BCUT2D eigenvalue weighted by atomic mass is 9.95. The summed E-state index contributed by atoms with van der Waals surface area (Å²) in [6, 6.07) is 17.8. The molecule has 0 bridgehead atoms. The van der Waals surface area contributed by atoms with Crippen LogP contribution in [-0.4, -0.2) is 27.4 Å². The minimum Gasteiger partial charge on any atom is -0.392 e. The summed E-state index contributed by atoms with van der Waals surface area (Å²) in [4.78, 5) is 22.5. The molecule has 5 rings (SSSR count). The molecule has 36 heavy (non-hydrogen) atoms. The van der Waals surface area contributed by atoms with E-state index in [1.165, 1.54) is 0 Å². The van der Waals surface area contributed by atoms with E-state index < -0.39 is 0 Å². The second-order valence-electron chi connectivity index (χ2n) is 9.51. The monoisotopic (exact) mass is 480 g/mol. The summed E-state index contributed by atoms with van der Waals surface area (Å²) in [6.07, 6.45) is 8.51. The minimum atomic E-state index is -0.118. The van der Waals surface area contributed by atoms with Crippen molar-refractivity contribution in [3.05, 3.63) is 78.1 Å². The fourth-order valence-corrected chi connectivity index (χ4v) is 4.44. The lowest BCUT2D eigenvalue weighted by Crippen LogP contribution is -2.07. The van der Waals surface area contributed by atoms with Crippen LogP contribution in [0.4, 0.5) is 17.2 Å². The van der Waals surface area contributed by atoms with E-state index in [2.05, 4.69) is 27.5 Å². The van der Waals surface area contributed by atoms with Gasteiger partial charge in [0, 0.05) is 42.0 Å². The molecule has 0 aliphatic heterocycles. The summed E-state index contributed by atoms with van der Waals surface area (Å²) in [6.45, 7) is 2.93. The fraction of sp³-hybridized carbons (Fsp3) is 0.300. The first-order chi connectivity index (χ1) is 17.7. The molecular formula is C30H32N4O2. The van der Waals surface area contributed by atoms with E-state index in [9.17, 15) is 9.90 Å². The molecule has 0 radical (unpaired) electrons. The van der Waals surface area contributed by atoms with E-state index in [0.717, 1.165) is 77.0 Å². The zero-order valence-corrected chi connectivity index (χ0v) is 20.6. The highest BCUT2D eigenvalue weighted by Gasteiger charge is 2.27. The summed E-state index contributed by atoms with van der Waals surface area (Å²) in [5.41, 5.74) is 5.55. The molecule has 1 saturated carbocycles. The van der Waals surface area contributed by atoms with Crippen LogP contribution < -0.4 is 10.6 Å². The number of para-hydroxylation sites is 1. The number of fused-ring (bicyclic) bond motifs is 1. The smallest absolute Gasteiger partial charge is 0.166 e. The number of benzene rings is 2. The SMILES string of the molecule is CCCCNc1ccc(-c2cc3c(Nc4ccccc4)c(C(=O)CC4CC4)cnc3cc2CO)cn1. The van der Waals surface area contributed by atoms with E-state index in [1.54, 1.807) is 6.20 Å². The molecule has 6 nitrogen and oxygen atoms in total. The van der Waals surface area contributed by atoms with Gasteiger partial charge in [-0.25, -0.2) is 4.98 Å². The van der Waals surface area contributed by atoms with Crippen molar-refractivity contribution in [1.82, 2.24) is 9.97 Å². The van der Waals surface area contributed by atoms with E-state index in [1.807, 2.05) is 60.8 Å². The second-order valence-corrected chi connectivity index (χ2v) is 9.51. The van der Waals surface area contributed by atoms with Gasteiger partial charge < -0.3 is 15.7 Å². The molecule has 0 saturated heterocycles. The molecule has 184 valence electrons. The van der Waals surface area contributed by atoms with Crippen LogP contribution >= 0.6 is 0 Å². The van der Waals surface area contributed by atoms with Gasteiger partial charge in [0.25, 0.3) is 0 Å². The Morgan fingerprint density at radius 2 is 1.89 bits per heavy atom. The van der Waals surface area contributed by atoms with Crippen LogP contribution in [0.3, 0.4) is 0 Å². The first kappa shape index (κ1) is 23.9. The molecule has 2 aromatic carbocycles. The molecule has 3 N–H and O–H groups in total. The van der Waals surface area contributed by atoms with Crippen LogP contribution in [0.25, 0.3) is 22.0 Å². The van der Waals surface area contributed by atoms with Gasteiger partial charge in [-0.15, -0.1) is 0 Å². The molecule has 0 unspecified atom stereocenters. The van der Waals surface area contributed by atoms with Crippen LogP contribution in [0.15, 0.2) is 67.0 Å². The number of nitrogens with one attached hydrogen (secondary N) is 2. The zero-order valence-electron chi connectivity index (χ0n) is 20.6. The van der Waals surface area contributed by atoms with E-state index >= 15 is 0 Å². The number of Topliss-reactive ketones (excluding diaryl/α,β-unsaturated/α-hetero) is 1. The number of aliphatic hydroxyl groups is 1. The summed E-state index contributed by atoms with van der Waals surface area (Å²) < 4.78 is 0. The Balaban J connectivity index is 1.59. The number of ketones is 1. The van der Waals surface area contributed by atoms with Gasteiger partial charge in [0.2, 0.25) is 0 Å². The van der Waals surface area contributed by atoms with E-state index in [4.69, 9.17) is 0 Å². The molecule has 1 fully saturated rings. The predicted molar refractivity (Wildman–Crippen MR) is 146 cm³/mol. The van der Waals surface area contributed by atoms with Gasteiger partial charge in [-0.3, -0.25) is 9.78 Å². The van der Waals surface area contributed by atoms with E-state index in [0.29, 0.717) is 17.9 Å². The molecule has 0 spiro atoms. The first-order valence-corrected chi connectivity index (χ1v) is 12.8. The topological polar surface area (TPSA) is 87.1 Å². The van der Waals surface area contributed by atoms with Crippen LogP contribution in [0.5, 0.6) is 0 Å². The number of nitrogens with zero attached hydrogens (tertiary/aromatic N) is 2. The lowest BCUT2D eigenvalue weighted by molar-refractivity contribution is 0.0976. The number of rotatable bonds is 11. The summed E-state index contributed by atoms with van der Waals surface area (Å²) in [5, 5.41) is 17.8. The number of hydrogen-bond donors (Lipinski definition) is 3. The maximum atomic E-state index is 13.2. The molecule has 1 aliphatic carbocycles. The van der Waals surface area contributed by atoms with Crippen molar-refractivity contribution in [1.29, 1.82) is 0 Å². The minimum absolute atomic E-state index is 0.113. The number of anilines is 3. The third kappa shape index (κ3) is 5.39. The number of hydrogen-bond acceptors (Lipinski definition) is 6. The Morgan fingerprint density at radius 1 is 1.06 bits per heavy atom. The Kier molecular flexibility index (Phi) is 7.23. The van der Waals surface area contributed by atoms with Crippen LogP contribution in [0.1, 0.15) is 54.9 Å². The Bertz CT molecular complexity index is 1350. The summed E-state index contributed by atoms with van der Waals surface area (Å²) in [5.74, 6) is 1.43. The average molecular weight is 481 g/mol. The van der Waals surface area contributed by atoms with Crippen molar-refractivity contribution < 1.29 is 9.90 Å². The highest BCUT2D eigenvalue weighted by molar-refractivity contribution is 6.10. The van der Waals surface area contributed by atoms with Crippen molar-refractivity contribution >= 4 is 33.9 Å². The second kappa shape index (κ2) is 10.9. The van der Waals surface area contributed by atoms with Crippen LogP contribution in [0.2, 0.25) is 0 Å². The van der Waals surface area contributed by atoms with Crippen molar-refractivity contribution in [2.75, 3.05) is 17.2 Å². The molecule has 0 atom stereocenters. The third-order valence-electron chi connectivity index (χ3n) is 6.69. The highest BCUT2D eigenvalue weighted by Crippen LogP contribution is 2.38. The molecule has 0 amide bonds. The number of aromatic nitrogens is 2. The zero-order chi connectivity index (χ0) is 24.9. The first-order valence-electron chi connectivity index (χ1n) is 12.8. The van der Waals surface area contributed by atoms with Gasteiger partial charge in [0.05, 0.1) is 23.4 Å². The van der Waals surface area contributed by atoms with Gasteiger partial charge in [-0.1, -0.05) is 31.5 Å². The lowest BCUT2D eigenvalue weighted by Gasteiger charge is -2.17. The average Bonchev–Trinajstić information content (AvgIpc) is 3.73. The maximum Gasteiger partial charge on any atom is 0.166 e. The number of carbonyl (C=O) groups excluding carboxylic acids is 1. The fourth-order valence-electron chi connectivity index (χ4n) is 4.44. The maximum absolute atomic E-state index is 13.2. The third-order valence-corrected chi connectivity index (χ3v) is 6.69. The van der Waals surface area contributed by atoms with Crippen LogP contribution in [0, 0.1) is 5.92 Å². The predicted octanol–water partition coefficient (Wildman–Crippen LogP) is 6.73. The quantitative estimate of drug-likeness (QED) is 0.163. The Morgan fingerprint density at radius 3 is 2.58 bits per heavy atom. The van der Waals surface area contributed by atoms with Crippen LogP contribution in [-0.2, 0) is 6.61 Å². The molecular weight excluding hydrogens is 448 g/mol. The van der Waals surface area contributed by atoms with Crippen molar-refractivity contribution in [2.45, 2.75) is 45.6 Å². The normalized spacial score (nSPS) is 13.1. The Labute approximate surface area is 211 Å². The summed E-state index contributed by atoms with van der Waals surface area (Å²) >= 11 is 0. The summed E-state index contributed by atoms with van der Waals surface area (Å²) in [7, 11) is 0. The van der Waals surface area contributed by atoms with Gasteiger partial charge in [0.15, 0.2) is 5.78 Å². The van der Waals surface area contributed by atoms with Gasteiger partial charge in [-0.2, -0.15) is 0 Å². The highest BCUT2D eigenvalue weighted by atomic mass is 16.3. The van der Waals surface area contributed by atoms with Gasteiger partial charge in [0.1, 0.15) is 5.82 Å². The number of unbranched alkanes of at least 4 members (excludes halogenated alkanes) is 1. The standard InChI is InChI=1S/C30H32N4O2/c1-2-3-13-31-29-12-11-21(17-33-29)24-16-25-27(15-22(24)19-35)32-18-26(28(36)14-20-9-10-20)30(25)34-23-7-5-4-6-8-23/h4-8,11-12,15-18,20,35H,2-3,9-10,13-14,19H2,1H3,(H,31,33)(H,32,34). The molecule has 4 aromatic rings. The molecule has 1 aliphatic rings. The number of pyridine rings is 2. The van der Waals surface area contributed by atoms with E-state index in [-0.39, 0.29) is 12.4 Å². The van der Waals surface area contributed by atoms with Crippen molar-refractivity contribution in [2.24, 2.45) is 5.92 Å². The molecule has 6 heteroatoms. The number of aliphatic hydroxyl groups excluding tert-OH is 1. The van der Waals surface area contributed by atoms with Gasteiger partial charge in [-0.05, 0) is 72.7 Å². The number of carbonyl (C=O) groups is 1. The largest absolute Gasteiger partial charge is 0.392 e. The van der Waals surface area contributed by atoms with Crippen molar-refractivity contribution in [3.63, 3.8) is 0 Å².